The van der Waals surface area contributed by atoms with Crippen LogP contribution in [0, 0.1) is 5.41 Å². The fourth-order valence-corrected chi connectivity index (χ4v) is 2.60. The van der Waals surface area contributed by atoms with Crippen LogP contribution < -0.4 is 5.32 Å². The fraction of sp³-hybridized carbons (Fsp3) is 1.00. The molecule has 1 heterocycles. The Labute approximate surface area is 85.3 Å². The van der Waals surface area contributed by atoms with Crippen molar-refractivity contribution in [3.63, 3.8) is 0 Å². The maximum Gasteiger partial charge on any atom is 0.0678 e. The Balaban J connectivity index is 0.000000845. The second-order valence-corrected chi connectivity index (χ2v) is 3.96. The van der Waals surface area contributed by atoms with Crippen molar-refractivity contribution >= 4 is 12.4 Å². The molecule has 1 spiro atoms. The molecule has 78 valence electrons. The van der Waals surface area contributed by atoms with Gasteiger partial charge in [0.2, 0.25) is 0 Å². The van der Waals surface area contributed by atoms with E-state index in [4.69, 9.17) is 4.74 Å². The van der Waals surface area contributed by atoms with Gasteiger partial charge in [-0.25, -0.2) is 0 Å². The molecule has 0 aromatic rings. The fourth-order valence-electron chi connectivity index (χ4n) is 2.60. The number of hydrogen-bond donors (Lipinski definition) is 2. The van der Waals surface area contributed by atoms with E-state index < -0.39 is 0 Å². The smallest absolute Gasteiger partial charge is 0.0678 e. The number of rotatable bonds is 1. The number of piperidine rings is 1. The zero-order valence-electron chi connectivity index (χ0n) is 7.95. The summed E-state index contributed by atoms with van der Waals surface area (Å²) in [5.41, 5.74) is 0.0972. The van der Waals surface area contributed by atoms with E-state index >= 15 is 0 Å². The quantitative estimate of drug-likeness (QED) is 0.660. The SMILES string of the molecule is CO[C@@H]1C[C@H](O)C12CCNCC2.Cl. The van der Waals surface area contributed by atoms with Gasteiger partial charge in [0.25, 0.3) is 0 Å². The third-order valence-corrected chi connectivity index (χ3v) is 3.56. The number of methoxy groups -OCH3 is 1. The van der Waals surface area contributed by atoms with Gasteiger partial charge in [-0.05, 0) is 25.9 Å². The van der Waals surface area contributed by atoms with Crippen LogP contribution in [0.2, 0.25) is 0 Å². The van der Waals surface area contributed by atoms with Crippen molar-refractivity contribution in [2.45, 2.75) is 31.5 Å². The number of nitrogens with one attached hydrogen (secondary N) is 1. The van der Waals surface area contributed by atoms with Gasteiger partial charge in [0.1, 0.15) is 0 Å². The van der Waals surface area contributed by atoms with Gasteiger partial charge in [-0.15, -0.1) is 12.4 Å². The number of aliphatic hydroxyl groups excluding tert-OH is 1. The van der Waals surface area contributed by atoms with Gasteiger partial charge in [0.05, 0.1) is 12.2 Å². The van der Waals surface area contributed by atoms with Gasteiger partial charge >= 0.3 is 0 Å². The van der Waals surface area contributed by atoms with Crippen molar-refractivity contribution in [1.82, 2.24) is 5.32 Å². The maximum absolute atomic E-state index is 9.72. The molecule has 2 fully saturated rings. The summed E-state index contributed by atoms with van der Waals surface area (Å²) in [6.07, 6.45) is 3.13. The third kappa shape index (κ3) is 1.59. The Kier molecular flexibility index (Phi) is 3.57. The third-order valence-electron chi connectivity index (χ3n) is 3.56. The summed E-state index contributed by atoms with van der Waals surface area (Å²) in [5, 5.41) is 13.0. The highest BCUT2D eigenvalue weighted by molar-refractivity contribution is 5.85. The molecule has 1 saturated carbocycles. The first-order valence-electron chi connectivity index (χ1n) is 4.71. The monoisotopic (exact) mass is 207 g/mol. The molecule has 0 radical (unpaired) electrons. The standard InChI is InChI=1S/C9H17NO2.ClH/c1-12-8-6-7(11)9(8)2-4-10-5-3-9;/h7-8,10-11H,2-6H2,1H3;1H/t7-,8+;/m0./s1. The average Bonchev–Trinajstić information content (AvgIpc) is 2.15. The van der Waals surface area contributed by atoms with Crippen LogP contribution in [0.4, 0.5) is 0 Å². The summed E-state index contributed by atoms with van der Waals surface area (Å²) >= 11 is 0. The number of ether oxygens (including phenoxy) is 1. The highest BCUT2D eigenvalue weighted by Gasteiger charge is 2.54. The summed E-state index contributed by atoms with van der Waals surface area (Å²) in [7, 11) is 1.75. The molecule has 1 aliphatic carbocycles. The van der Waals surface area contributed by atoms with Crippen LogP contribution in [0.5, 0.6) is 0 Å². The molecular formula is C9H18ClNO2. The molecule has 13 heavy (non-hydrogen) atoms. The maximum atomic E-state index is 9.72. The highest BCUT2D eigenvalue weighted by atomic mass is 35.5. The lowest BCUT2D eigenvalue weighted by Crippen LogP contribution is -2.61. The Morgan fingerprint density at radius 1 is 1.38 bits per heavy atom. The first kappa shape index (κ1) is 11.2. The van der Waals surface area contributed by atoms with E-state index in [0.29, 0.717) is 6.10 Å². The van der Waals surface area contributed by atoms with Crippen molar-refractivity contribution in [2.24, 2.45) is 5.41 Å². The van der Waals surface area contributed by atoms with Gasteiger partial charge in [0.15, 0.2) is 0 Å². The van der Waals surface area contributed by atoms with Crippen LogP contribution in [0.3, 0.4) is 0 Å². The molecule has 2 aliphatic rings. The van der Waals surface area contributed by atoms with Gasteiger partial charge < -0.3 is 15.2 Å². The Bertz CT molecular complexity index is 171. The molecule has 0 unspecified atom stereocenters. The predicted molar refractivity (Wildman–Crippen MR) is 53.2 cm³/mol. The molecule has 1 saturated heterocycles. The van der Waals surface area contributed by atoms with Crippen LogP contribution >= 0.6 is 12.4 Å². The van der Waals surface area contributed by atoms with Gasteiger partial charge in [-0.2, -0.15) is 0 Å². The van der Waals surface area contributed by atoms with Crippen molar-refractivity contribution in [3.8, 4) is 0 Å². The van der Waals surface area contributed by atoms with E-state index in [9.17, 15) is 5.11 Å². The van der Waals surface area contributed by atoms with Crippen LogP contribution in [-0.2, 0) is 4.74 Å². The summed E-state index contributed by atoms with van der Waals surface area (Å²) in [4.78, 5) is 0. The topological polar surface area (TPSA) is 41.5 Å². The van der Waals surface area contributed by atoms with E-state index in [-0.39, 0.29) is 23.9 Å². The minimum Gasteiger partial charge on any atom is -0.392 e. The second kappa shape index (κ2) is 4.13. The molecule has 2 rings (SSSR count). The predicted octanol–water partition coefficient (Wildman–Crippen LogP) is 0.558. The Morgan fingerprint density at radius 3 is 2.46 bits per heavy atom. The van der Waals surface area contributed by atoms with E-state index in [1.54, 1.807) is 7.11 Å². The van der Waals surface area contributed by atoms with Crippen molar-refractivity contribution < 1.29 is 9.84 Å². The lowest BCUT2D eigenvalue weighted by atomic mass is 9.58. The molecule has 1 aliphatic heterocycles. The van der Waals surface area contributed by atoms with E-state index in [0.717, 1.165) is 32.4 Å². The lowest BCUT2D eigenvalue weighted by Gasteiger charge is -2.54. The zero-order chi connectivity index (χ0) is 8.60. The van der Waals surface area contributed by atoms with Crippen LogP contribution in [0.25, 0.3) is 0 Å². The first-order chi connectivity index (χ1) is 5.79. The molecule has 0 aromatic carbocycles. The van der Waals surface area contributed by atoms with Crippen molar-refractivity contribution in [3.05, 3.63) is 0 Å². The number of hydrogen-bond acceptors (Lipinski definition) is 3. The molecule has 2 atom stereocenters. The molecule has 4 heteroatoms. The van der Waals surface area contributed by atoms with Gasteiger partial charge in [-0.1, -0.05) is 0 Å². The molecule has 0 aromatic heterocycles. The highest BCUT2D eigenvalue weighted by Crippen LogP contribution is 2.49. The number of aliphatic hydroxyl groups is 1. The van der Waals surface area contributed by atoms with Crippen LogP contribution in [0.1, 0.15) is 19.3 Å². The lowest BCUT2D eigenvalue weighted by molar-refractivity contribution is -0.192. The van der Waals surface area contributed by atoms with E-state index in [1.807, 2.05) is 0 Å². The summed E-state index contributed by atoms with van der Waals surface area (Å²) in [6.45, 7) is 2.05. The van der Waals surface area contributed by atoms with E-state index in [1.165, 1.54) is 0 Å². The minimum absolute atomic E-state index is 0. The zero-order valence-corrected chi connectivity index (χ0v) is 8.77. The van der Waals surface area contributed by atoms with Crippen LogP contribution in [-0.4, -0.2) is 37.5 Å². The minimum atomic E-state index is -0.121. The molecular weight excluding hydrogens is 190 g/mol. The largest absolute Gasteiger partial charge is 0.392 e. The second-order valence-electron chi connectivity index (χ2n) is 3.96. The average molecular weight is 208 g/mol. The van der Waals surface area contributed by atoms with E-state index in [2.05, 4.69) is 5.32 Å². The first-order valence-corrected chi connectivity index (χ1v) is 4.71. The Hall–Kier alpha value is 0.170. The summed E-state index contributed by atoms with van der Waals surface area (Å²) < 4.78 is 5.36. The summed E-state index contributed by atoms with van der Waals surface area (Å²) in [5.74, 6) is 0. The molecule has 0 bridgehead atoms. The summed E-state index contributed by atoms with van der Waals surface area (Å²) in [6, 6.07) is 0. The Morgan fingerprint density at radius 2 is 2.00 bits per heavy atom. The molecule has 0 amide bonds. The molecule has 2 N–H and O–H groups in total. The van der Waals surface area contributed by atoms with Gasteiger partial charge in [-0.3, -0.25) is 0 Å². The molecule has 3 nitrogen and oxygen atoms in total. The normalized spacial score (nSPS) is 36.5. The number of halogens is 1. The van der Waals surface area contributed by atoms with Gasteiger partial charge in [0, 0.05) is 18.9 Å². The van der Waals surface area contributed by atoms with Crippen molar-refractivity contribution in [2.75, 3.05) is 20.2 Å². The van der Waals surface area contributed by atoms with Crippen LogP contribution in [0.15, 0.2) is 0 Å². The van der Waals surface area contributed by atoms with Crippen molar-refractivity contribution in [1.29, 1.82) is 0 Å².